The number of fused-ring (bicyclic) bond motifs is 13. The Hall–Kier alpha value is -6.10. The van der Waals surface area contributed by atoms with E-state index in [0.29, 0.717) is 0 Å². The van der Waals surface area contributed by atoms with Crippen molar-refractivity contribution in [3.05, 3.63) is 152 Å². The highest BCUT2D eigenvalue weighted by molar-refractivity contribution is 7.26. The maximum atomic E-state index is 5.50. The third-order valence-electron chi connectivity index (χ3n) is 9.96. The van der Waals surface area contributed by atoms with Crippen LogP contribution in [0.1, 0.15) is 0 Å². The van der Waals surface area contributed by atoms with Crippen LogP contribution in [-0.4, -0.2) is 14.5 Å². The first-order valence-corrected chi connectivity index (χ1v) is 17.1. The molecule has 0 spiro atoms. The smallest absolute Gasteiger partial charge is 0.162 e. The molecule has 0 N–H and O–H groups in total. The summed E-state index contributed by atoms with van der Waals surface area (Å²) in [7, 11) is 0. The van der Waals surface area contributed by atoms with Crippen molar-refractivity contribution < 1.29 is 0 Å². The summed E-state index contributed by atoms with van der Waals surface area (Å²) >= 11 is 1.77. The molecule has 0 bridgehead atoms. The molecular formula is C44H25N3S. The van der Waals surface area contributed by atoms with Crippen LogP contribution in [0, 0.1) is 0 Å². The quantitative estimate of drug-likeness (QED) is 0.179. The van der Waals surface area contributed by atoms with Crippen molar-refractivity contribution in [3.8, 4) is 17.2 Å². The molecule has 0 saturated heterocycles. The topological polar surface area (TPSA) is 30.7 Å². The van der Waals surface area contributed by atoms with Gasteiger partial charge in [0.2, 0.25) is 0 Å². The van der Waals surface area contributed by atoms with Gasteiger partial charge in [-0.2, -0.15) is 0 Å². The van der Waals surface area contributed by atoms with Gasteiger partial charge in [0.05, 0.1) is 21.3 Å². The Morgan fingerprint density at radius 3 is 1.75 bits per heavy atom. The van der Waals surface area contributed by atoms with Gasteiger partial charge in [-0.25, -0.2) is 9.97 Å². The highest BCUT2D eigenvalue weighted by atomic mass is 32.1. The lowest BCUT2D eigenvalue weighted by Crippen LogP contribution is -2.01. The Morgan fingerprint density at radius 2 is 1.00 bits per heavy atom. The van der Waals surface area contributed by atoms with Crippen molar-refractivity contribution in [3.63, 3.8) is 0 Å². The maximum absolute atomic E-state index is 5.50. The monoisotopic (exact) mass is 627 g/mol. The van der Waals surface area contributed by atoms with E-state index in [2.05, 4.69) is 156 Å². The van der Waals surface area contributed by atoms with E-state index in [1.165, 1.54) is 58.6 Å². The second-order valence-electron chi connectivity index (χ2n) is 12.6. The molecule has 3 heterocycles. The molecule has 11 rings (SSSR count). The standard InChI is InChI=1S/C44H25N3S/c1-2-12-27-25-39-37(23-26(27)11-1)34-17-7-9-19-38(34)47(39)44-42-41(35-18-8-10-20-40(35)48-42)45-43(46-44)28-21-22-33-31-15-4-3-13-29(31)30-14-5-6-16-32(30)36(33)24-28/h1-25H. The molecule has 0 unspecified atom stereocenters. The predicted octanol–water partition coefficient (Wildman–Crippen LogP) is 12.2. The second-order valence-corrected chi connectivity index (χ2v) is 13.6. The van der Waals surface area contributed by atoms with Gasteiger partial charge in [-0.1, -0.05) is 121 Å². The van der Waals surface area contributed by atoms with Crippen LogP contribution in [0.3, 0.4) is 0 Å². The van der Waals surface area contributed by atoms with Gasteiger partial charge in [-0.3, -0.25) is 4.57 Å². The van der Waals surface area contributed by atoms with Crippen LogP contribution < -0.4 is 0 Å². The van der Waals surface area contributed by atoms with E-state index >= 15 is 0 Å². The van der Waals surface area contributed by atoms with Gasteiger partial charge >= 0.3 is 0 Å². The van der Waals surface area contributed by atoms with E-state index < -0.39 is 0 Å². The molecule has 0 aliphatic rings. The highest BCUT2D eigenvalue weighted by Gasteiger charge is 2.21. The van der Waals surface area contributed by atoms with Crippen LogP contribution in [0.2, 0.25) is 0 Å². The van der Waals surface area contributed by atoms with Gasteiger partial charge in [0.15, 0.2) is 11.6 Å². The fraction of sp³-hybridized carbons (Fsp3) is 0. The molecular weight excluding hydrogens is 603 g/mol. The summed E-state index contributed by atoms with van der Waals surface area (Å²) in [5, 5.41) is 13.5. The first-order chi connectivity index (χ1) is 23.8. The van der Waals surface area contributed by atoms with Gasteiger partial charge in [0.25, 0.3) is 0 Å². The summed E-state index contributed by atoms with van der Waals surface area (Å²) in [4.78, 5) is 10.9. The summed E-state index contributed by atoms with van der Waals surface area (Å²) in [6.45, 7) is 0. The van der Waals surface area contributed by atoms with Crippen molar-refractivity contribution in [2.75, 3.05) is 0 Å². The predicted molar refractivity (Wildman–Crippen MR) is 205 cm³/mol. The van der Waals surface area contributed by atoms with Gasteiger partial charge < -0.3 is 0 Å². The Kier molecular flexibility index (Phi) is 5.26. The second kappa shape index (κ2) is 9.71. The van der Waals surface area contributed by atoms with Crippen LogP contribution in [0.5, 0.6) is 0 Å². The lowest BCUT2D eigenvalue weighted by atomic mass is 9.93. The summed E-state index contributed by atoms with van der Waals surface area (Å²) in [5.74, 6) is 1.65. The van der Waals surface area contributed by atoms with E-state index in [-0.39, 0.29) is 0 Å². The van der Waals surface area contributed by atoms with Crippen molar-refractivity contribution >= 4 is 96.5 Å². The summed E-state index contributed by atoms with van der Waals surface area (Å²) in [6, 6.07) is 54.7. The number of hydrogen-bond acceptors (Lipinski definition) is 3. The van der Waals surface area contributed by atoms with Crippen molar-refractivity contribution in [2.24, 2.45) is 0 Å². The SMILES string of the molecule is c1ccc2cc3c(cc2c1)c1ccccc1n3-c1nc(-c2ccc3c4ccccc4c4ccccc4c3c2)nc2c1sc1ccccc12. The molecule has 0 amide bonds. The van der Waals surface area contributed by atoms with Gasteiger partial charge in [0, 0.05) is 26.4 Å². The first kappa shape index (κ1) is 26.0. The van der Waals surface area contributed by atoms with Crippen LogP contribution in [0.25, 0.3) is 102 Å². The summed E-state index contributed by atoms with van der Waals surface area (Å²) < 4.78 is 4.67. The van der Waals surface area contributed by atoms with E-state index in [9.17, 15) is 0 Å². The first-order valence-electron chi connectivity index (χ1n) is 16.3. The molecule has 8 aromatic carbocycles. The molecule has 4 heteroatoms. The number of rotatable bonds is 2. The lowest BCUT2D eigenvalue weighted by molar-refractivity contribution is 1.08. The Morgan fingerprint density at radius 1 is 0.417 bits per heavy atom. The minimum Gasteiger partial charge on any atom is -0.292 e. The summed E-state index contributed by atoms with van der Waals surface area (Å²) in [5.41, 5.74) is 4.29. The Balaban J connectivity index is 1.27. The number of hydrogen-bond donors (Lipinski definition) is 0. The van der Waals surface area contributed by atoms with Gasteiger partial charge in [-0.15, -0.1) is 11.3 Å². The van der Waals surface area contributed by atoms with Gasteiger partial charge in [-0.05, 0) is 73.4 Å². The molecule has 0 aliphatic carbocycles. The van der Waals surface area contributed by atoms with E-state index in [1.807, 2.05) is 0 Å². The Labute approximate surface area is 278 Å². The normalized spacial score (nSPS) is 12.2. The molecule has 0 radical (unpaired) electrons. The highest BCUT2D eigenvalue weighted by Crippen LogP contribution is 2.42. The largest absolute Gasteiger partial charge is 0.292 e. The molecule has 0 aliphatic heterocycles. The fourth-order valence-corrected chi connectivity index (χ4v) is 8.91. The number of para-hydroxylation sites is 1. The zero-order valence-corrected chi connectivity index (χ0v) is 26.5. The number of nitrogens with zero attached hydrogens (tertiary/aromatic N) is 3. The van der Waals surface area contributed by atoms with Crippen molar-refractivity contribution in [1.29, 1.82) is 0 Å². The third kappa shape index (κ3) is 3.58. The molecule has 0 atom stereocenters. The zero-order chi connectivity index (χ0) is 31.3. The summed E-state index contributed by atoms with van der Waals surface area (Å²) in [6.07, 6.45) is 0. The van der Waals surface area contributed by atoms with Gasteiger partial charge in [0.1, 0.15) is 0 Å². The van der Waals surface area contributed by atoms with E-state index in [1.54, 1.807) is 11.3 Å². The van der Waals surface area contributed by atoms with Crippen LogP contribution in [0.4, 0.5) is 0 Å². The molecule has 11 aromatic rings. The maximum Gasteiger partial charge on any atom is 0.162 e. The molecule has 0 saturated carbocycles. The number of aromatic nitrogens is 3. The average Bonchev–Trinajstić information content (AvgIpc) is 3.69. The molecule has 0 fully saturated rings. The minimum absolute atomic E-state index is 0.729. The Bertz CT molecular complexity index is 3090. The van der Waals surface area contributed by atoms with Crippen LogP contribution in [-0.2, 0) is 0 Å². The van der Waals surface area contributed by atoms with E-state index in [4.69, 9.17) is 9.97 Å². The minimum atomic E-state index is 0.729. The van der Waals surface area contributed by atoms with E-state index in [0.717, 1.165) is 43.8 Å². The van der Waals surface area contributed by atoms with Crippen molar-refractivity contribution in [1.82, 2.24) is 14.5 Å². The number of benzene rings is 8. The van der Waals surface area contributed by atoms with Crippen LogP contribution in [0.15, 0.2) is 152 Å². The molecule has 3 nitrogen and oxygen atoms in total. The fourth-order valence-electron chi connectivity index (χ4n) is 7.79. The number of thiophene rings is 1. The molecule has 48 heavy (non-hydrogen) atoms. The molecule has 3 aromatic heterocycles. The molecule has 222 valence electrons. The lowest BCUT2D eigenvalue weighted by Gasteiger charge is -2.13. The van der Waals surface area contributed by atoms with Crippen molar-refractivity contribution in [2.45, 2.75) is 0 Å². The zero-order valence-electron chi connectivity index (χ0n) is 25.7. The third-order valence-corrected chi connectivity index (χ3v) is 11.1. The average molecular weight is 628 g/mol. The van der Waals surface area contributed by atoms with Crippen LogP contribution >= 0.6 is 11.3 Å².